The molecule has 1 fully saturated rings. The van der Waals surface area contributed by atoms with E-state index in [1.807, 2.05) is 6.92 Å². The van der Waals surface area contributed by atoms with Gasteiger partial charge in [-0.25, -0.2) is 8.42 Å². The molecule has 0 radical (unpaired) electrons. The highest BCUT2D eigenvalue weighted by Gasteiger charge is 2.26. The molecule has 1 aromatic carbocycles. The van der Waals surface area contributed by atoms with Crippen molar-refractivity contribution in [2.45, 2.75) is 64.2 Å². The second-order valence-electron chi connectivity index (χ2n) is 9.76. The van der Waals surface area contributed by atoms with Crippen molar-refractivity contribution >= 4 is 38.9 Å². The fourth-order valence-electron chi connectivity index (χ4n) is 4.48. The zero-order valence-electron chi connectivity index (χ0n) is 20.3. The van der Waals surface area contributed by atoms with Crippen LogP contribution < -0.4 is 4.72 Å². The Bertz CT molecular complexity index is 1050. The monoisotopic (exact) mass is 514 g/mol. The number of benzene rings is 1. The van der Waals surface area contributed by atoms with Crippen LogP contribution in [0.2, 0.25) is 10.0 Å². The Morgan fingerprint density at radius 3 is 2.33 bits per heavy atom. The molecule has 0 amide bonds. The lowest BCUT2D eigenvalue weighted by atomic mass is 9.91. The van der Waals surface area contributed by atoms with E-state index in [-0.39, 0.29) is 14.9 Å². The van der Waals surface area contributed by atoms with E-state index in [9.17, 15) is 8.42 Å². The summed E-state index contributed by atoms with van der Waals surface area (Å²) in [7, 11) is 0.00129. The number of likely N-dealkylation sites (tertiary alicyclic amines) is 1. The van der Waals surface area contributed by atoms with Crippen LogP contribution in [0.5, 0.6) is 0 Å². The van der Waals surface area contributed by atoms with Crippen molar-refractivity contribution in [1.82, 2.24) is 14.7 Å². The average Bonchev–Trinajstić information content (AvgIpc) is 2.95. The zero-order chi connectivity index (χ0) is 24.3. The number of nitrogens with one attached hydrogen (secondary N) is 1. The van der Waals surface area contributed by atoms with Gasteiger partial charge in [0.2, 0.25) is 0 Å². The lowest BCUT2D eigenvalue weighted by molar-refractivity contribution is 0.210. The van der Waals surface area contributed by atoms with E-state index in [1.165, 1.54) is 19.3 Å². The van der Waals surface area contributed by atoms with Gasteiger partial charge in [0.15, 0.2) is 0 Å². The normalized spacial score (nSPS) is 16.0. The van der Waals surface area contributed by atoms with Crippen LogP contribution in [0.3, 0.4) is 0 Å². The van der Waals surface area contributed by atoms with Gasteiger partial charge in [-0.2, -0.15) is 5.10 Å². The average molecular weight is 516 g/mol. The summed E-state index contributed by atoms with van der Waals surface area (Å²) in [6, 6.07) is 3.48. The van der Waals surface area contributed by atoms with Crippen LogP contribution in [0.1, 0.15) is 56.5 Å². The molecule has 33 heavy (non-hydrogen) atoms. The summed E-state index contributed by atoms with van der Waals surface area (Å²) in [6.45, 7) is 8.31. The molecule has 1 N–H and O–H groups in total. The molecule has 2 heterocycles. The number of hydrogen-bond acceptors (Lipinski definition) is 4. The highest BCUT2D eigenvalue weighted by atomic mass is 35.5. The minimum Gasteiger partial charge on any atom is -0.306 e. The minimum atomic E-state index is -3.97. The van der Waals surface area contributed by atoms with Crippen LogP contribution in [0.25, 0.3) is 0 Å². The van der Waals surface area contributed by atoms with Crippen molar-refractivity contribution in [2.24, 2.45) is 18.9 Å². The second kappa shape index (κ2) is 11.0. The Balaban J connectivity index is 1.74. The fourth-order valence-corrected chi connectivity index (χ4v) is 6.89. The summed E-state index contributed by atoms with van der Waals surface area (Å²) in [5.74, 6) is 1.10. The lowest BCUT2D eigenvalue weighted by Crippen LogP contribution is -2.30. The van der Waals surface area contributed by atoms with Crippen molar-refractivity contribution < 1.29 is 8.42 Å². The molecular weight excluding hydrogens is 479 g/mol. The van der Waals surface area contributed by atoms with E-state index in [0.717, 1.165) is 43.1 Å². The van der Waals surface area contributed by atoms with E-state index in [0.29, 0.717) is 23.7 Å². The third kappa shape index (κ3) is 6.65. The van der Waals surface area contributed by atoms with Gasteiger partial charge in [-0.1, -0.05) is 43.5 Å². The number of anilines is 1. The number of hydrogen-bond donors (Lipinski definition) is 1. The molecule has 6 nitrogen and oxygen atoms in total. The van der Waals surface area contributed by atoms with E-state index >= 15 is 0 Å². The molecule has 184 valence electrons. The number of aryl methyl sites for hydroxylation is 2. The van der Waals surface area contributed by atoms with Gasteiger partial charge in [0.1, 0.15) is 4.90 Å². The summed E-state index contributed by atoms with van der Waals surface area (Å²) in [4.78, 5) is 2.30. The molecule has 0 unspecified atom stereocenters. The van der Waals surface area contributed by atoms with E-state index in [2.05, 4.69) is 35.6 Å². The maximum absolute atomic E-state index is 13.3. The van der Waals surface area contributed by atoms with Gasteiger partial charge < -0.3 is 4.90 Å². The van der Waals surface area contributed by atoms with Gasteiger partial charge >= 0.3 is 0 Å². The zero-order valence-corrected chi connectivity index (χ0v) is 22.6. The number of nitrogens with zero attached hydrogens (tertiary/aromatic N) is 3. The first kappa shape index (κ1) is 26.3. The van der Waals surface area contributed by atoms with Crippen molar-refractivity contribution in [1.29, 1.82) is 0 Å². The third-order valence-corrected chi connectivity index (χ3v) is 8.76. The highest BCUT2D eigenvalue weighted by molar-refractivity contribution is 7.93. The van der Waals surface area contributed by atoms with Gasteiger partial charge in [-0.3, -0.25) is 9.40 Å². The summed E-state index contributed by atoms with van der Waals surface area (Å²) in [5.41, 5.74) is 2.92. The van der Waals surface area contributed by atoms with Crippen LogP contribution in [0, 0.1) is 18.8 Å². The molecule has 2 aromatic rings. The van der Waals surface area contributed by atoms with Crippen LogP contribution >= 0.6 is 23.2 Å². The molecule has 1 saturated heterocycles. The topological polar surface area (TPSA) is 67.2 Å². The number of sulfonamides is 1. The molecule has 1 aromatic heterocycles. The first-order chi connectivity index (χ1) is 15.5. The summed E-state index contributed by atoms with van der Waals surface area (Å²) in [6.07, 6.45) is 6.19. The van der Waals surface area contributed by atoms with Crippen molar-refractivity contribution in [3.63, 3.8) is 0 Å². The highest BCUT2D eigenvalue weighted by Crippen LogP contribution is 2.34. The van der Waals surface area contributed by atoms with Gasteiger partial charge in [0.05, 0.1) is 27.1 Å². The summed E-state index contributed by atoms with van der Waals surface area (Å²) >= 11 is 12.9. The Labute approximate surface area is 208 Å². The Morgan fingerprint density at radius 2 is 1.76 bits per heavy atom. The molecule has 0 spiro atoms. The molecule has 1 aliphatic rings. The van der Waals surface area contributed by atoms with Crippen LogP contribution in [-0.4, -0.2) is 43.2 Å². The lowest BCUT2D eigenvalue weighted by Gasteiger charge is -2.28. The molecule has 0 bridgehead atoms. The van der Waals surface area contributed by atoms with E-state index in [1.54, 1.807) is 23.9 Å². The Hall–Kier alpha value is -1.28. The molecule has 0 saturated carbocycles. The predicted octanol–water partition coefficient (Wildman–Crippen LogP) is 5.70. The van der Waals surface area contributed by atoms with Crippen LogP contribution in [0.15, 0.2) is 17.0 Å². The number of piperidine rings is 1. The predicted molar refractivity (Wildman–Crippen MR) is 137 cm³/mol. The molecule has 0 atom stereocenters. The smallest absolute Gasteiger partial charge is 0.264 e. The van der Waals surface area contributed by atoms with Gasteiger partial charge in [0.25, 0.3) is 10.0 Å². The third-order valence-electron chi connectivity index (χ3n) is 6.49. The van der Waals surface area contributed by atoms with Crippen molar-refractivity contribution in [3.8, 4) is 0 Å². The molecular formula is C24H36Cl2N4O2S. The van der Waals surface area contributed by atoms with Crippen molar-refractivity contribution in [3.05, 3.63) is 39.1 Å². The SMILES string of the molecule is Cc1c(NS(=O)(=O)c2c(Cl)cc(CCCC3CCN(C)CC3)cc2Cl)c(CC(C)C)nn1C. The maximum atomic E-state index is 13.3. The van der Waals surface area contributed by atoms with Crippen LogP contribution in [0.4, 0.5) is 5.69 Å². The van der Waals surface area contributed by atoms with Gasteiger partial charge in [0, 0.05) is 7.05 Å². The fraction of sp³-hybridized carbons (Fsp3) is 0.625. The first-order valence-electron chi connectivity index (χ1n) is 11.7. The molecule has 3 rings (SSSR count). The number of halogens is 2. The largest absolute Gasteiger partial charge is 0.306 e. The van der Waals surface area contributed by atoms with Gasteiger partial charge in [-0.05, 0) is 88.7 Å². The van der Waals surface area contributed by atoms with Crippen LogP contribution in [-0.2, 0) is 29.9 Å². The molecule has 0 aliphatic carbocycles. The molecule has 9 heteroatoms. The van der Waals surface area contributed by atoms with Gasteiger partial charge in [-0.15, -0.1) is 0 Å². The van der Waals surface area contributed by atoms with E-state index < -0.39 is 10.0 Å². The maximum Gasteiger partial charge on any atom is 0.264 e. The number of aromatic nitrogens is 2. The summed E-state index contributed by atoms with van der Waals surface area (Å²) in [5, 5.41) is 4.78. The minimum absolute atomic E-state index is 0.0800. The molecule has 1 aliphatic heterocycles. The standard InChI is InChI=1S/C24H36Cl2N4O2S/c1-16(2)13-22-23(17(3)30(5)27-22)28-33(31,32)24-20(25)14-19(15-21(24)26)8-6-7-18-9-11-29(4)12-10-18/h14-16,18,28H,6-13H2,1-5H3. The van der Waals surface area contributed by atoms with Crippen molar-refractivity contribution in [2.75, 3.05) is 24.9 Å². The Kier molecular flexibility index (Phi) is 8.76. The number of rotatable bonds is 9. The second-order valence-corrected chi connectivity index (χ2v) is 12.2. The van der Waals surface area contributed by atoms with E-state index in [4.69, 9.17) is 23.2 Å². The Morgan fingerprint density at radius 1 is 1.15 bits per heavy atom. The summed E-state index contributed by atoms with van der Waals surface area (Å²) < 4.78 is 31.0. The quantitative estimate of drug-likeness (QED) is 0.465. The first-order valence-corrected chi connectivity index (χ1v) is 13.9.